The van der Waals surface area contributed by atoms with Crippen LogP contribution in [-0.2, 0) is 0 Å². The van der Waals surface area contributed by atoms with Crippen LogP contribution in [0, 0.1) is 30.1 Å². The van der Waals surface area contributed by atoms with Crippen molar-refractivity contribution in [3.63, 3.8) is 0 Å². The van der Waals surface area contributed by atoms with Crippen LogP contribution >= 0.6 is 0 Å². The predicted molar refractivity (Wildman–Crippen MR) is 81.7 cm³/mol. The van der Waals surface area contributed by atoms with Crippen LogP contribution in [-0.4, -0.2) is 23.8 Å². The highest BCUT2D eigenvalue weighted by atomic mass is 16.3. The Hall–Kier alpha value is -1.99. The van der Waals surface area contributed by atoms with Crippen LogP contribution in [0.15, 0.2) is 24.3 Å². The Morgan fingerprint density at radius 2 is 2.19 bits per heavy atom. The first-order valence-corrected chi connectivity index (χ1v) is 7.46. The summed E-state index contributed by atoms with van der Waals surface area (Å²) >= 11 is 0. The summed E-state index contributed by atoms with van der Waals surface area (Å²) in [7, 11) is 0. The van der Waals surface area contributed by atoms with Crippen molar-refractivity contribution in [2.75, 3.05) is 11.9 Å². The second-order valence-electron chi connectivity index (χ2n) is 6.03. The van der Waals surface area contributed by atoms with E-state index in [9.17, 15) is 9.90 Å². The zero-order valence-electron chi connectivity index (χ0n) is 11.9. The van der Waals surface area contributed by atoms with Crippen molar-refractivity contribution in [3.05, 3.63) is 29.8 Å². The minimum atomic E-state index is -0.222. The number of benzene rings is 1. The molecule has 0 radical (unpaired) electrons. The van der Waals surface area contributed by atoms with Crippen LogP contribution in [0.2, 0.25) is 0 Å². The molecule has 4 unspecified atom stereocenters. The van der Waals surface area contributed by atoms with Gasteiger partial charge in [-0.05, 0) is 49.3 Å². The molecule has 4 nitrogen and oxygen atoms in total. The van der Waals surface area contributed by atoms with E-state index in [-0.39, 0.29) is 24.6 Å². The number of hydrogen-bond acceptors (Lipinski definition) is 2. The molecule has 3 rings (SSSR count). The molecule has 3 N–H and O–H groups in total. The van der Waals surface area contributed by atoms with Gasteiger partial charge in [0.25, 0.3) is 0 Å². The molecule has 2 fully saturated rings. The molecule has 2 aliphatic carbocycles. The summed E-state index contributed by atoms with van der Waals surface area (Å²) in [6, 6.07) is 7.08. The van der Waals surface area contributed by atoms with E-state index < -0.39 is 0 Å². The Balaban J connectivity index is 1.63. The maximum absolute atomic E-state index is 12.2. The van der Waals surface area contributed by atoms with Crippen LogP contribution in [0.5, 0.6) is 0 Å². The lowest BCUT2D eigenvalue weighted by Crippen LogP contribution is -2.46. The number of hydrogen-bond donors (Lipinski definition) is 3. The summed E-state index contributed by atoms with van der Waals surface area (Å²) in [5, 5.41) is 15.4. The van der Waals surface area contributed by atoms with Gasteiger partial charge in [0.2, 0.25) is 0 Å². The normalized spacial score (nSPS) is 29.9. The van der Waals surface area contributed by atoms with E-state index in [0.717, 1.165) is 18.4 Å². The number of carbonyl (C=O) groups excluding carboxylic acids is 1. The summed E-state index contributed by atoms with van der Waals surface area (Å²) in [5.41, 5.74) is 1.42. The number of aliphatic hydroxyl groups excluding tert-OH is 1. The molecule has 2 bridgehead atoms. The predicted octanol–water partition coefficient (Wildman–Crippen LogP) is 2.20. The van der Waals surface area contributed by atoms with E-state index >= 15 is 0 Å². The van der Waals surface area contributed by atoms with Crippen LogP contribution in [0.3, 0.4) is 0 Å². The molecular formula is C17H20N2O2. The zero-order chi connectivity index (χ0) is 14.8. The summed E-state index contributed by atoms with van der Waals surface area (Å²) in [4.78, 5) is 12.2. The maximum atomic E-state index is 12.2. The zero-order valence-corrected chi connectivity index (χ0v) is 11.9. The second kappa shape index (κ2) is 5.79. The Kier molecular flexibility index (Phi) is 3.85. The molecule has 2 saturated carbocycles. The molecule has 1 aromatic carbocycles. The van der Waals surface area contributed by atoms with Gasteiger partial charge in [0.15, 0.2) is 0 Å². The molecule has 0 saturated heterocycles. The van der Waals surface area contributed by atoms with Crippen molar-refractivity contribution in [2.45, 2.75) is 25.3 Å². The van der Waals surface area contributed by atoms with Crippen LogP contribution in [0.25, 0.3) is 0 Å². The largest absolute Gasteiger partial charge is 0.396 e. The van der Waals surface area contributed by atoms with Gasteiger partial charge in [-0.1, -0.05) is 12.0 Å². The minimum Gasteiger partial charge on any atom is -0.396 e. The highest BCUT2D eigenvalue weighted by molar-refractivity contribution is 5.89. The molecule has 0 spiro atoms. The monoisotopic (exact) mass is 284 g/mol. The number of terminal acetylenes is 1. The molecule has 2 aliphatic rings. The average Bonchev–Trinajstić information content (AvgIpc) is 3.08. The van der Waals surface area contributed by atoms with Gasteiger partial charge < -0.3 is 15.7 Å². The lowest BCUT2D eigenvalue weighted by Gasteiger charge is -2.30. The fraction of sp³-hybridized carbons (Fsp3) is 0.471. The third-order valence-electron chi connectivity index (χ3n) is 4.88. The topological polar surface area (TPSA) is 61.4 Å². The number of anilines is 1. The Bertz CT molecular complexity index is 578. The van der Waals surface area contributed by atoms with Crippen LogP contribution < -0.4 is 10.6 Å². The van der Waals surface area contributed by atoms with Crippen LogP contribution in [0.4, 0.5) is 10.5 Å². The molecule has 21 heavy (non-hydrogen) atoms. The molecule has 4 heteroatoms. The number of fused-ring (bicyclic) bond motifs is 2. The van der Waals surface area contributed by atoms with E-state index in [4.69, 9.17) is 6.42 Å². The molecular weight excluding hydrogens is 264 g/mol. The summed E-state index contributed by atoms with van der Waals surface area (Å²) < 4.78 is 0. The first-order valence-electron chi connectivity index (χ1n) is 7.46. The van der Waals surface area contributed by atoms with Gasteiger partial charge in [-0.15, -0.1) is 6.42 Å². The van der Waals surface area contributed by atoms with E-state index in [1.807, 2.05) is 18.2 Å². The molecule has 4 atom stereocenters. The molecule has 2 amide bonds. The second-order valence-corrected chi connectivity index (χ2v) is 6.03. The fourth-order valence-electron chi connectivity index (χ4n) is 3.90. The van der Waals surface area contributed by atoms with Gasteiger partial charge >= 0.3 is 6.03 Å². The lowest BCUT2D eigenvalue weighted by molar-refractivity contribution is 0.146. The Morgan fingerprint density at radius 3 is 2.95 bits per heavy atom. The van der Waals surface area contributed by atoms with E-state index in [2.05, 4.69) is 16.6 Å². The lowest BCUT2D eigenvalue weighted by atomic mass is 9.85. The van der Waals surface area contributed by atoms with Crippen molar-refractivity contribution in [2.24, 2.45) is 17.8 Å². The number of carbonyl (C=O) groups is 1. The summed E-state index contributed by atoms with van der Waals surface area (Å²) in [6.45, 7) is 0.151. The first kappa shape index (κ1) is 14.0. The number of nitrogens with one attached hydrogen (secondary N) is 2. The SMILES string of the molecule is C#Cc1cccc(NC(=O)NC2C3CCC(C3)C2CO)c1. The number of urea groups is 1. The van der Waals surface area contributed by atoms with Gasteiger partial charge in [-0.25, -0.2) is 4.79 Å². The summed E-state index contributed by atoms with van der Waals surface area (Å²) in [5.74, 6) is 3.82. The molecule has 1 aromatic rings. The van der Waals surface area contributed by atoms with Gasteiger partial charge in [-0.3, -0.25) is 0 Å². The average molecular weight is 284 g/mol. The van der Waals surface area contributed by atoms with Crippen molar-refractivity contribution < 1.29 is 9.90 Å². The Morgan fingerprint density at radius 1 is 1.38 bits per heavy atom. The summed E-state index contributed by atoms with van der Waals surface area (Å²) in [6.07, 6.45) is 8.81. The third kappa shape index (κ3) is 2.74. The van der Waals surface area contributed by atoms with E-state index in [1.165, 1.54) is 6.42 Å². The minimum absolute atomic E-state index is 0.0876. The van der Waals surface area contributed by atoms with Crippen molar-refractivity contribution >= 4 is 11.7 Å². The standard InChI is InChI=1S/C17H20N2O2/c1-2-11-4-3-5-14(8-11)18-17(21)19-16-13-7-6-12(9-13)15(16)10-20/h1,3-5,8,12-13,15-16,20H,6-7,9-10H2,(H2,18,19,21). The number of amides is 2. The Labute approximate surface area is 124 Å². The fourth-order valence-corrected chi connectivity index (χ4v) is 3.90. The van der Waals surface area contributed by atoms with Crippen molar-refractivity contribution in [1.29, 1.82) is 0 Å². The third-order valence-corrected chi connectivity index (χ3v) is 4.88. The highest BCUT2D eigenvalue weighted by Gasteiger charge is 2.47. The van der Waals surface area contributed by atoms with Gasteiger partial charge in [0, 0.05) is 29.8 Å². The van der Waals surface area contributed by atoms with Crippen molar-refractivity contribution in [1.82, 2.24) is 5.32 Å². The van der Waals surface area contributed by atoms with Gasteiger partial charge in [-0.2, -0.15) is 0 Å². The van der Waals surface area contributed by atoms with E-state index in [0.29, 0.717) is 17.5 Å². The van der Waals surface area contributed by atoms with E-state index in [1.54, 1.807) is 6.07 Å². The molecule has 0 aromatic heterocycles. The van der Waals surface area contributed by atoms with Crippen molar-refractivity contribution in [3.8, 4) is 12.3 Å². The van der Waals surface area contributed by atoms with Gasteiger partial charge in [0.1, 0.15) is 0 Å². The van der Waals surface area contributed by atoms with Crippen LogP contribution in [0.1, 0.15) is 24.8 Å². The molecule has 0 heterocycles. The first-order chi connectivity index (χ1) is 10.2. The smallest absolute Gasteiger partial charge is 0.319 e. The highest BCUT2D eigenvalue weighted by Crippen LogP contribution is 2.48. The quantitative estimate of drug-likeness (QED) is 0.745. The number of aliphatic hydroxyl groups is 1. The molecule has 110 valence electrons. The molecule has 0 aliphatic heterocycles. The van der Waals surface area contributed by atoms with Gasteiger partial charge in [0.05, 0.1) is 0 Å². The maximum Gasteiger partial charge on any atom is 0.319 e. The number of rotatable bonds is 3.